The number of benzene rings is 2. The van der Waals surface area contributed by atoms with Crippen molar-refractivity contribution in [2.45, 2.75) is 63.6 Å². The van der Waals surface area contributed by atoms with E-state index < -0.39 is 0 Å². The first-order valence-corrected chi connectivity index (χ1v) is 9.95. The second-order valence-electron chi connectivity index (χ2n) is 7.44. The van der Waals surface area contributed by atoms with Gasteiger partial charge in [0.25, 0.3) is 0 Å². The van der Waals surface area contributed by atoms with Gasteiger partial charge >= 0.3 is 0 Å². The van der Waals surface area contributed by atoms with Crippen LogP contribution < -0.4 is 10.1 Å². The fraction of sp³-hybridized carbons (Fsp3) is 0.435. The zero-order chi connectivity index (χ0) is 17.8. The predicted molar refractivity (Wildman–Crippen MR) is 107 cm³/mol. The third-order valence-electron chi connectivity index (χ3n) is 5.50. The molecule has 1 aliphatic carbocycles. The summed E-state index contributed by atoms with van der Waals surface area (Å²) in [4.78, 5) is 4.93. The predicted octanol–water partition coefficient (Wildman–Crippen LogP) is 4.75. The molecule has 136 valence electrons. The molecule has 3 atom stereocenters. The quantitative estimate of drug-likeness (QED) is 0.817. The van der Waals surface area contributed by atoms with Crippen molar-refractivity contribution in [1.29, 1.82) is 0 Å². The number of nitrogens with zero attached hydrogens (tertiary/aromatic N) is 1. The summed E-state index contributed by atoms with van der Waals surface area (Å²) in [5.74, 6) is 1.98. The van der Waals surface area contributed by atoms with E-state index in [9.17, 15) is 0 Å². The van der Waals surface area contributed by atoms with Crippen LogP contribution in [0.5, 0.6) is 5.75 Å². The van der Waals surface area contributed by atoms with Gasteiger partial charge in [0, 0.05) is 6.04 Å². The summed E-state index contributed by atoms with van der Waals surface area (Å²) >= 11 is 0. The lowest BCUT2D eigenvalue weighted by Crippen LogP contribution is -2.42. The largest absolute Gasteiger partial charge is 0.483 e. The Morgan fingerprint density at radius 1 is 1.00 bits per heavy atom. The molecule has 0 amide bonds. The van der Waals surface area contributed by atoms with E-state index in [2.05, 4.69) is 66.8 Å². The molecular weight excluding hydrogens is 320 g/mol. The molecule has 1 fully saturated rings. The first-order valence-electron chi connectivity index (χ1n) is 9.95. The molecule has 0 bridgehead atoms. The number of aliphatic imine (C=N–C) groups is 1. The topological polar surface area (TPSA) is 33.6 Å². The number of hydrogen-bond donors (Lipinski definition) is 1. The Kier molecular flexibility index (Phi) is 5.24. The summed E-state index contributed by atoms with van der Waals surface area (Å²) in [5.41, 5.74) is 2.64. The fourth-order valence-corrected chi connectivity index (χ4v) is 4.03. The maximum Gasteiger partial charge on any atom is 0.155 e. The summed E-state index contributed by atoms with van der Waals surface area (Å²) in [7, 11) is 0. The molecule has 2 aromatic carbocycles. The van der Waals surface area contributed by atoms with Crippen molar-refractivity contribution >= 4 is 5.84 Å². The number of hydrogen-bond acceptors (Lipinski definition) is 3. The average molecular weight is 348 g/mol. The molecule has 26 heavy (non-hydrogen) atoms. The number of fused-ring (bicyclic) bond motifs is 1. The van der Waals surface area contributed by atoms with E-state index in [0.29, 0.717) is 12.1 Å². The molecule has 1 heterocycles. The van der Waals surface area contributed by atoms with Gasteiger partial charge in [0.05, 0.1) is 6.04 Å². The van der Waals surface area contributed by atoms with E-state index >= 15 is 0 Å². The fourth-order valence-electron chi connectivity index (χ4n) is 4.03. The Bertz CT molecular complexity index is 739. The number of amidine groups is 1. The lowest BCUT2D eigenvalue weighted by Gasteiger charge is -2.24. The normalized spacial score (nSPS) is 22.9. The van der Waals surface area contributed by atoms with Crippen LogP contribution in [-0.4, -0.2) is 24.0 Å². The second kappa shape index (κ2) is 7.94. The summed E-state index contributed by atoms with van der Waals surface area (Å²) in [6, 6.07) is 20.1. The van der Waals surface area contributed by atoms with Crippen molar-refractivity contribution in [3.05, 3.63) is 65.7 Å². The molecule has 3 nitrogen and oxygen atoms in total. The third-order valence-corrected chi connectivity index (χ3v) is 5.50. The summed E-state index contributed by atoms with van der Waals surface area (Å²) < 4.78 is 6.27. The van der Waals surface area contributed by atoms with Gasteiger partial charge in [-0.25, -0.2) is 0 Å². The van der Waals surface area contributed by atoms with Crippen molar-refractivity contribution in [3.8, 4) is 5.75 Å². The zero-order valence-corrected chi connectivity index (χ0v) is 15.5. The molecule has 3 unspecified atom stereocenters. The number of ether oxygens (including phenoxy) is 1. The van der Waals surface area contributed by atoms with Crippen LogP contribution in [-0.2, 0) is 6.42 Å². The standard InChI is InChI=1S/C23H28N2O/c1-2-22(23-24-20-10-6-7-11-21(20)25-23)26-19-14-12-18(13-15-19)16-17-8-4-3-5-9-17/h3-5,8-9,12-15,20-22H,2,6-7,10-11,16H2,1H3,(H,24,25). The van der Waals surface area contributed by atoms with Gasteiger partial charge in [0.2, 0.25) is 0 Å². The maximum atomic E-state index is 6.27. The number of nitrogens with one attached hydrogen (secondary N) is 1. The van der Waals surface area contributed by atoms with Crippen LogP contribution in [0.4, 0.5) is 0 Å². The van der Waals surface area contributed by atoms with Crippen molar-refractivity contribution in [1.82, 2.24) is 5.32 Å². The van der Waals surface area contributed by atoms with Crippen molar-refractivity contribution < 1.29 is 4.74 Å². The van der Waals surface area contributed by atoms with Gasteiger partial charge < -0.3 is 10.1 Å². The highest BCUT2D eigenvalue weighted by Crippen LogP contribution is 2.26. The second-order valence-corrected chi connectivity index (χ2v) is 7.44. The first-order chi connectivity index (χ1) is 12.8. The Morgan fingerprint density at radius 3 is 2.46 bits per heavy atom. The highest BCUT2D eigenvalue weighted by Gasteiger charge is 2.33. The van der Waals surface area contributed by atoms with Crippen molar-refractivity contribution in [3.63, 3.8) is 0 Å². The maximum absolute atomic E-state index is 6.27. The molecule has 1 aliphatic heterocycles. The van der Waals surface area contributed by atoms with Crippen LogP contribution in [0.3, 0.4) is 0 Å². The van der Waals surface area contributed by atoms with Crippen LogP contribution >= 0.6 is 0 Å². The van der Waals surface area contributed by atoms with Gasteiger partial charge in [-0.05, 0) is 48.9 Å². The third kappa shape index (κ3) is 3.92. The molecule has 0 spiro atoms. The van der Waals surface area contributed by atoms with Crippen molar-refractivity contribution in [2.75, 3.05) is 0 Å². The van der Waals surface area contributed by atoms with Gasteiger partial charge in [-0.15, -0.1) is 0 Å². The lowest BCUT2D eigenvalue weighted by molar-refractivity contribution is 0.258. The summed E-state index contributed by atoms with van der Waals surface area (Å²) in [5, 5.41) is 3.63. The Balaban J connectivity index is 1.39. The molecular formula is C23H28N2O. The van der Waals surface area contributed by atoms with Crippen LogP contribution in [0.1, 0.15) is 50.2 Å². The lowest BCUT2D eigenvalue weighted by atomic mass is 9.92. The molecule has 0 saturated heterocycles. The molecule has 0 aromatic heterocycles. The summed E-state index contributed by atoms with van der Waals surface area (Å²) in [6.07, 6.45) is 6.99. The van der Waals surface area contributed by atoms with Gasteiger partial charge in [-0.3, -0.25) is 4.99 Å². The van der Waals surface area contributed by atoms with E-state index in [0.717, 1.165) is 24.4 Å². The van der Waals surface area contributed by atoms with Gasteiger partial charge in [0.1, 0.15) is 11.6 Å². The van der Waals surface area contributed by atoms with Crippen molar-refractivity contribution in [2.24, 2.45) is 4.99 Å². The van der Waals surface area contributed by atoms with E-state index in [1.54, 1.807) is 0 Å². The molecule has 1 N–H and O–H groups in total. The molecule has 2 aliphatic rings. The minimum Gasteiger partial charge on any atom is -0.483 e. The molecule has 3 heteroatoms. The highest BCUT2D eigenvalue weighted by molar-refractivity contribution is 5.89. The molecule has 4 rings (SSSR count). The minimum absolute atomic E-state index is 0.0283. The van der Waals surface area contributed by atoms with Crippen LogP contribution in [0.15, 0.2) is 59.6 Å². The number of rotatable bonds is 6. The van der Waals surface area contributed by atoms with Crippen LogP contribution in [0, 0.1) is 0 Å². The van der Waals surface area contributed by atoms with Gasteiger partial charge in [0.15, 0.2) is 6.10 Å². The van der Waals surface area contributed by atoms with Gasteiger partial charge in [-0.1, -0.05) is 62.2 Å². The monoisotopic (exact) mass is 348 g/mol. The van der Waals surface area contributed by atoms with Crippen LogP contribution in [0.2, 0.25) is 0 Å². The molecule has 2 aromatic rings. The molecule has 1 saturated carbocycles. The van der Waals surface area contributed by atoms with E-state index in [-0.39, 0.29) is 6.10 Å². The smallest absolute Gasteiger partial charge is 0.155 e. The molecule has 0 radical (unpaired) electrons. The average Bonchev–Trinajstić information content (AvgIpc) is 3.12. The van der Waals surface area contributed by atoms with E-state index in [1.165, 1.54) is 36.8 Å². The first kappa shape index (κ1) is 17.1. The highest BCUT2D eigenvalue weighted by atomic mass is 16.5. The Labute approximate surface area is 156 Å². The van der Waals surface area contributed by atoms with E-state index in [4.69, 9.17) is 9.73 Å². The van der Waals surface area contributed by atoms with E-state index in [1.807, 2.05) is 0 Å². The van der Waals surface area contributed by atoms with Crippen LogP contribution in [0.25, 0.3) is 0 Å². The Morgan fingerprint density at radius 2 is 1.73 bits per heavy atom. The minimum atomic E-state index is 0.0283. The SMILES string of the molecule is CCC(Oc1ccc(Cc2ccccc2)cc1)C1=NC2CCCCC2N1. The summed E-state index contributed by atoms with van der Waals surface area (Å²) in [6.45, 7) is 2.17. The zero-order valence-electron chi connectivity index (χ0n) is 15.5. The Hall–Kier alpha value is -2.29. The van der Waals surface area contributed by atoms with Gasteiger partial charge in [-0.2, -0.15) is 0 Å².